The van der Waals surface area contributed by atoms with E-state index in [0.717, 1.165) is 33.4 Å². The third kappa shape index (κ3) is 38.2. The quantitative estimate of drug-likeness (QED) is 0.210. The molecule has 0 radical (unpaired) electrons. The molecule has 0 aromatic rings. The van der Waals surface area contributed by atoms with Crippen LogP contribution in [0.5, 0.6) is 0 Å². The van der Waals surface area contributed by atoms with Gasteiger partial charge in [0.05, 0.1) is 25.4 Å². The van der Waals surface area contributed by atoms with Crippen LogP contribution in [0.15, 0.2) is 0 Å². The van der Waals surface area contributed by atoms with Crippen molar-refractivity contribution >= 4 is 35.6 Å². The molecule has 0 spiro atoms. The molecule has 2 atom stereocenters. The van der Waals surface area contributed by atoms with E-state index >= 15 is 0 Å². The lowest BCUT2D eigenvalue weighted by molar-refractivity contribution is -0.148. The smallest absolute Gasteiger partial charge is 0.371 e. The van der Waals surface area contributed by atoms with Crippen LogP contribution in [0.2, 0.25) is 0 Å². The highest BCUT2D eigenvalue weighted by Gasteiger charge is 2.20. The number of rotatable bonds is 7. The summed E-state index contributed by atoms with van der Waals surface area (Å²) >= 11 is 0. The van der Waals surface area contributed by atoms with Crippen molar-refractivity contribution < 1.29 is 64.5 Å². The van der Waals surface area contributed by atoms with Crippen molar-refractivity contribution in [2.45, 2.75) is 58.1 Å². The van der Waals surface area contributed by atoms with Crippen LogP contribution in [0, 0.1) is 0 Å². The molecular weight excluding hydrogens is 426 g/mol. The Hall–Kier alpha value is -3.10. The van der Waals surface area contributed by atoms with Crippen molar-refractivity contribution in [1.29, 1.82) is 0 Å². The second-order valence-corrected chi connectivity index (χ2v) is 5.58. The van der Waals surface area contributed by atoms with Crippen molar-refractivity contribution in [3.8, 4) is 0 Å². The van der Waals surface area contributed by atoms with Gasteiger partial charge in [-0.05, 0) is 26.3 Å². The maximum absolute atomic E-state index is 10.1. The number of hydrogen-bond acceptors (Lipinski definition) is 9. The average molecular weight is 457 g/mol. The molecule has 14 nitrogen and oxygen atoms in total. The monoisotopic (exact) mass is 457 g/mol. The topological polar surface area (TPSA) is 256 Å². The second-order valence-electron chi connectivity index (χ2n) is 5.58. The molecule has 0 saturated carbocycles. The van der Waals surface area contributed by atoms with Gasteiger partial charge in [0, 0.05) is 14.0 Å². The van der Waals surface area contributed by atoms with Gasteiger partial charge in [-0.2, -0.15) is 0 Å². The van der Waals surface area contributed by atoms with E-state index in [1.807, 2.05) is 0 Å². The minimum Gasteiger partial charge on any atom is -0.481 e. The molecule has 1 saturated heterocycles. The van der Waals surface area contributed by atoms with E-state index in [0.29, 0.717) is 0 Å². The largest absolute Gasteiger partial charge is 0.481 e. The predicted octanol–water partition coefficient (Wildman–Crippen LogP) is -1.13. The fraction of sp³-hybridized carbons (Fsp3) is 0.647. The van der Waals surface area contributed by atoms with E-state index in [-0.39, 0.29) is 25.3 Å². The minimum atomic E-state index is -1.38. The lowest BCUT2D eigenvalue weighted by Gasteiger charge is -1.99. The van der Waals surface area contributed by atoms with Gasteiger partial charge in [-0.3, -0.25) is 24.0 Å². The number of Topliss-reactive ketones (excluding diaryl/α,β-unsaturated/α-hetero) is 1. The van der Waals surface area contributed by atoms with Crippen molar-refractivity contribution in [2.75, 3.05) is 13.7 Å². The Morgan fingerprint density at radius 3 is 1.35 bits per heavy atom. The number of aliphatic hydroxyl groups is 2. The first-order valence-corrected chi connectivity index (χ1v) is 8.68. The summed E-state index contributed by atoms with van der Waals surface area (Å²) in [4.78, 5) is 58.0. The molecule has 1 aliphatic heterocycles. The van der Waals surface area contributed by atoms with Crippen molar-refractivity contribution in [3.63, 3.8) is 0 Å². The molecule has 1 heterocycles. The predicted molar refractivity (Wildman–Crippen MR) is 104 cm³/mol. The van der Waals surface area contributed by atoms with Crippen LogP contribution in [-0.2, 0) is 28.8 Å². The molecule has 1 rings (SSSR count). The molecule has 182 valence electrons. The molecule has 31 heavy (non-hydrogen) atoms. The molecule has 8 N–H and O–H groups in total. The number of carboxylic acids is 5. The first-order chi connectivity index (χ1) is 14.2. The molecule has 0 aromatic carbocycles. The Morgan fingerprint density at radius 1 is 0.871 bits per heavy atom. The molecular formula is C17H31NO13. The number of aliphatic carboxylic acids is 5. The van der Waals surface area contributed by atoms with E-state index in [4.69, 9.17) is 35.7 Å². The third-order valence-electron chi connectivity index (χ3n) is 2.68. The first-order valence-electron chi connectivity index (χ1n) is 8.68. The fourth-order valence-electron chi connectivity index (χ4n) is 1.36. The number of hydrogen-bond donors (Lipinski definition) is 8. The summed E-state index contributed by atoms with van der Waals surface area (Å²) < 4.78 is 0. The number of aliphatic hydroxyl groups excluding tert-OH is 2. The maximum atomic E-state index is 10.1. The van der Waals surface area contributed by atoms with Crippen LogP contribution in [0.4, 0.5) is 0 Å². The lowest BCUT2D eigenvalue weighted by atomic mass is 10.2. The number of carboxylic acid groups (broad SMARTS) is 5. The zero-order chi connectivity index (χ0) is 25.6. The van der Waals surface area contributed by atoms with Crippen molar-refractivity contribution in [1.82, 2.24) is 5.32 Å². The molecule has 0 amide bonds. The van der Waals surface area contributed by atoms with Gasteiger partial charge in [0.2, 0.25) is 5.78 Å². The number of carbonyl (C=O) groups excluding carboxylic acids is 1. The number of carbonyl (C=O) groups is 6. The van der Waals surface area contributed by atoms with E-state index < -0.39 is 41.7 Å². The summed E-state index contributed by atoms with van der Waals surface area (Å²) in [6.45, 7) is 3.30. The highest BCUT2D eigenvalue weighted by atomic mass is 16.4. The molecule has 1 unspecified atom stereocenters. The first kappa shape index (κ1) is 35.3. The van der Waals surface area contributed by atoms with Crippen LogP contribution in [0.1, 0.15) is 46.0 Å². The molecule has 0 aromatic heterocycles. The SMILES string of the molecule is CC(=O)C(=O)O.CC(O)CC(=O)O.CO.O=C(O)CCC(=O)O.O=C(O)[C@@H]1CCCN1. The zero-order valence-corrected chi connectivity index (χ0v) is 17.5. The van der Waals surface area contributed by atoms with Crippen molar-refractivity contribution in [3.05, 3.63) is 0 Å². The standard InChI is InChI=1S/C5H9NO2.C4H6O4.C4H8O3.C3H4O3.CH4O/c7-5(8)4-2-1-3-6-4;5-3(6)1-2-4(7)8;1-3(5)2-4(6)7;1-2(4)3(5)6;1-2/h4,6H,1-3H2,(H,7,8);1-2H2,(H,5,6)(H,7,8);3,5H,2H2,1H3,(H,6,7);1H3,(H,5,6);2H,1H3/t4-;;;;/m0..../s1. The van der Waals surface area contributed by atoms with Gasteiger partial charge >= 0.3 is 29.8 Å². The van der Waals surface area contributed by atoms with Gasteiger partial charge in [0.1, 0.15) is 6.04 Å². The van der Waals surface area contributed by atoms with Gasteiger partial charge in [0.15, 0.2) is 0 Å². The van der Waals surface area contributed by atoms with E-state index in [2.05, 4.69) is 5.32 Å². The van der Waals surface area contributed by atoms with Gasteiger partial charge < -0.3 is 41.1 Å². The zero-order valence-electron chi connectivity index (χ0n) is 17.5. The average Bonchev–Trinajstić information content (AvgIpc) is 3.17. The molecule has 14 heteroatoms. The van der Waals surface area contributed by atoms with Crippen LogP contribution in [0.3, 0.4) is 0 Å². The minimum absolute atomic E-state index is 0.167. The fourth-order valence-corrected chi connectivity index (χ4v) is 1.36. The molecule has 0 bridgehead atoms. The van der Waals surface area contributed by atoms with Crippen LogP contribution in [0.25, 0.3) is 0 Å². The normalized spacial score (nSPS) is 14.2. The van der Waals surface area contributed by atoms with Gasteiger partial charge in [-0.1, -0.05) is 0 Å². The number of nitrogens with one attached hydrogen (secondary N) is 1. The van der Waals surface area contributed by atoms with Crippen LogP contribution >= 0.6 is 0 Å². The molecule has 1 fully saturated rings. The maximum Gasteiger partial charge on any atom is 0.371 e. The van der Waals surface area contributed by atoms with Gasteiger partial charge in [0.25, 0.3) is 0 Å². The van der Waals surface area contributed by atoms with Crippen LogP contribution < -0.4 is 5.32 Å². The summed E-state index contributed by atoms with van der Waals surface area (Å²) in [5.74, 6) is -6.04. The molecule has 0 aliphatic carbocycles. The van der Waals surface area contributed by atoms with E-state index in [1.165, 1.54) is 6.92 Å². The Morgan fingerprint density at radius 2 is 1.26 bits per heavy atom. The Bertz CT molecular complexity index is 528. The van der Waals surface area contributed by atoms with Gasteiger partial charge in [-0.25, -0.2) is 4.79 Å². The summed E-state index contributed by atoms with van der Waals surface area (Å²) in [7, 11) is 1.00. The highest BCUT2D eigenvalue weighted by molar-refractivity contribution is 6.31. The second kappa shape index (κ2) is 23.2. The summed E-state index contributed by atoms with van der Waals surface area (Å²) in [6.07, 6.45) is 0.300. The lowest BCUT2D eigenvalue weighted by Crippen LogP contribution is -2.29. The van der Waals surface area contributed by atoms with Gasteiger partial charge in [-0.15, -0.1) is 0 Å². The van der Waals surface area contributed by atoms with E-state index in [9.17, 15) is 28.8 Å². The Labute approximate surface area is 178 Å². The molecule has 1 aliphatic rings. The Kier molecular flexibility index (Phi) is 26.4. The number of ketones is 1. The summed E-state index contributed by atoms with van der Waals surface area (Å²) in [6, 6.07) is -0.269. The Balaban J connectivity index is -0.000000153. The van der Waals surface area contributed by atoms with E-state index in [1.54, 1.807) is 0 Å². The third-order valence-corrected chi connectivity index (χ3v) is 2.68. The summed E-state index contributed by atoms with van der Waals surface area (Å²) in [5.41, 5.74) is 0. The summed E-state index contributed by atoms with van der Waals surface area (Å²) in [5, 5.41) is 57.9. The van der Waals surface area contributed by atoms with Crippen molar-refractivity contribution in [2.24, 2.45) is 0 Å². The highest BCUT2D eigenvalue weighted by Crippen LogP contribution is 2.03. The van der Waals surface area contributed by atoms with Crippen LogP contribution in [-0.4, -0.2) is 97.2 Å².